The molecule has 1 fully saturated rings. The number of aromatic nitrogens is 1. The SMILES string of the molecule is COc1ccc2ncc(Cl)c(CCN3CC[C@@H](N)[C@@H](O)C3)c2c1. The van der Waals surface area contributed by atoms with E-state index in [2.05, 4.69) is 9.88 Å². The summed E-state index contributed by atoms with van der Waals surface area (Å²) in [7, 11) is 1.65. The molecule has 0 unspecified atom stereocenters. The lowest BCUT2D eigenvalue weighted by Crippen LogP contribution is -2.50. The molecule has 2 aromatic rings. The third-order valence-corrected chi connectivity index (χ3v) is 4.86. The van der Waals surface area contributed by atoms with Gasteiger partial charge in [0.15, 0.2) is 0 Å². The number of fused-ring (bicyclic) bond motifs is 1. The highest BCUT2D eigenvalue weighted by molar-refractivity contribution is 6.32. The number of benzene rings is 1. The number of nitrogens with zero attached hydrogens (tertiary/aromatic N) is 2. The van der Waals surface area contributed by atoms with Gasteiger partial charge in [0.1, 0.15) is 5.75 Å². The van der Waals surface area contributed by atoms with E-state index in [0.717, 1.165) is 48.1 Å². The van der Waals surface area contributed by atoms with E-state index >= 15 is 0 Å². The molecule has 1 aromatic heterocycles. The summed E-state index contributed by atoms with van der Waals surface area (Å²) in [6.45, 7) is 2.35. The Morgan fingerprint density at radius 2 is 2.30 bits per heavy atom. The number of hydrogen-bond acceptors (Lipinski definition) is 5. The van der Waals surface area contributed by atoms with E-state index in [1.807, 2.05) is 18.2 Å². The maximum Gasteiger partial charge on any atom is 0.119 e. The topological polar surface area (TPSA) is 71.6 Å². The lowest BCUT2D eigenvalue weighted by Gasteiger charge is -2.34. The molecule has 0 aliphatic carbocycles. The van der Waals surface area contributed by atoms with Crippen molar-refractivity contribution in [3.8, 4) is 5.75 Å². The number of pyridine rings is 1. The van der Waals surface area contributed by atoms with Crippen molar-refractivity contribution in [1.82, 2.24) is 9.88 Å². The summed E-state index contributed by atoms with van der Waals surface area (Å²) in [6.07, 6.45) is 2.87. The number of halogens is 1. The fourth-order valence-electron chi connectivity index (χ4n) is 3.07. The fraction of sp³-hybridized carbons (Fsp3) is 0.471. The molecule has 1 saturated heterocycles. The Morgan fingerprint density at radius 1 is 1.48 bits per heavy atom. The van der Waals surface area contributed by atoms with Gasteiger partial charge in [0, 0.05) is 30.7 Å². The van der Waals surface area contributed by atoms with Gasteiger partial charge in [-0.3, -0.25) is 4.98 Å². The number of ether oxygens (including phenoxy) is 1. The van der Waals surface area contributed by atoms with Gasteiger partial charge in [-0.15, -0.1) is 0 Å². The highest BCUT2D eigenvalue weighted by atomic mass is 35.5. The lowest BCUT2D eigenvalue weighted by atomic mass is 10.0. The first kappa shape index (κ1) is 16.5. The zero-order valence-corrected chi connectivity index (χ0v) is 14.0. The fourth-order valence-corrected chi connectivity index (χ4v) is 3.32. The molecular weight excluding hydrogens is 314 g/mol. The zero-order chi connectivity index (χ0) is 16.4. The van der Waals surface area contributed by atoms with Gasteiger partial charge in [-0.1, -0.05) is 11.6 Å². The van der Waals surface area contributed by atoms with E-state index in [-0.39, 0.29) is 6.04 Å². The van der Waals surface area contributed by atoms with Gasteiger partial charge >= 0.3 is 0 Å². The van der Waals surface area contributed by atoms with E-state index in [1.54, 1.807) is 13.3 Å². The van der Waals surface area contributed by atoms with Crippen LogP contribution in [0, 0.1) is 0 Å². The molecule has 3 N–H and O–H groups in total. The Kier molecular flexibility index (Phi) is 5.02. The van der Waals surface area contributed by atoms with Crippen LogP contribution >= 0.6 is 11.6 Å². The Balaban J connectivity index is 1.80. The third-order valence-electron chi connectivity index (χ3n) is 4.53. The van der Waals surface area contributed by atoms with Crippen molar-refractivity contribution in [3.63, 3.8) is 0 Å². The molecule has 0 spiro atoms. The summed E-state index contributed by atoms with van der Waals surface area (Å²) < 4.78 is 5.31. The number of rotatable bonds is 4. The minimum absolute atomic E-state index is 0.110. The van der Waals surface area contributed by atoms with Crippen molar-refractivity contribution in [3.05, 3.63) is 35.0 Å². The number of β-amino-alcohol motifs (C(OH)–C–C–N with tert-alkyl or cyclic N) is 1. The van der Waals surface area contributed by atoms with Crippen LogP contribution in [0.3, 0.4) is 0 Å². The van der Waals surface area contributed by atoms with Crippen molar-refractivity contribution < 1.29 is 9.84 Å². The van der Waals surface area contributed by atoms with Crippen LogP contribution < -0.4 is 10.5 Å². The smallest absolute Gasteiger partial charge is 0.119 e. The van der Waals surface area contributed by atoms with Crippen LogP contribution in [0.25, 0.3) is 10.9 Å². The molecule has 0 radical (unpaired) electrons. The average Bonchev–Trinajstić information content (AvgIpc) is 2.56. The molecule has 1 aliphatic rings. The predicted molar refractivity (Wildman–Crippen MR) is 92.0 cm³/mol. The summed E-state index contributed by atoms with van der Waals surface area (Å²) in [5.74, 6) is 0.794. The maximum absolute atomic E-state index is 9.92. The Morgan fingerprint density at radius 3 is 3.04 bits per heavy atom. The molecule has 2 heterocycles. The number of aliphatic hydroxyl groups is 1. The molecule has 23 heavy (non-hydrogen) atoms. The van der Waals surface area contributed by atoms with Gasteiger partial charge in [-0.05, 0) is 43.1 Å². The van der Waals surface area contributed by atoms with Gasteiger partial charge in [0.25, 0.3) is 0 Å². The minimum atomic E-state index is -0.450. The van der Waals surface area contributed by atoms with Crippen LogP contribution in [0.15, 0.2) is 24.4 Å². The molecule has 6 heteroatoms. The molecule has 2 atom stereocenters. The van der Waals surface area contributed by atoms with Gasteiger partial charge in [-0.25, -0.2) is 0 Å². The van der Waals surface area contributed by atoms with E-state index < -0.39 is 6.10 Å². The molecule has 0 saturated carbocycles. The lowest BCUT2D eigenvalue weighted by molar-refractivity contribution is 0.0542. The third kappa shape index (κ3) is 3.58. The monoisotopic (exact) mass is 335 g/mol. The summed E-state index contributed by atoms with van der Waals surface area (Å²) in [5.41, 5.74) is 7.84. The average molecular weight is 336 g/mol. The highest BCUT2D eigenvalue weighted by Gasteiger charge is 2.24. The van der Waals surface area contributed by atoms with E-state index in [1.165, 1.54) is 0 Å². The molecule has 0 amide bonds. The highest BCUT2D eigenvalue weighted by Crippen LogP contribution is 2.28. The number of likely N-dealkylation sites (tertiary alicyclic amines) is 1. The first-order valence-electron chi connectivity index (χ1n) is 7.85. The van der Waals surface area contributed by atoms with Crippen molar-refractivity contribution in [2.24, 2.45) is 5.73 Å². The molecule has 5 nitrogen and oxygen atoms in total. The van der Waals surface area contributed by atoms with Gasteiger partial charge in [-0.2, -0.15) is 0 Å². The largest absolute Gasteiger partial charge is 0.497 e. The van der Waals surface area contributed by atoms with E-state index in [9.17, 15) is 5.11 Å². The summed E-state index contributed by atoms with van der Waals surface area (Å²) >= 11 is 6.38. The van der Waals surface area contributed by atoms with Crippen LogP contribution in [-0.4, -0.2) is 53.9 Å². The molecular formula is C17H22ClN3O2. The van der Waals surface area contributed by atoms with Crippen LogP contribution in [0.1, 0.15) is 12.0 Å². The zero-order valence-electron chi connectivity index (χ0n) is 13.2. The summed E-state index contributed by atoms with van der Waals surface area (Å²) in [4.78, 5) is 6.61. The van der Waals surface area contributed by atoms with Crippen LogP contribution in [-0.2, 0) is 6.42 Å². The summed E-state index contributed by atoms with van der Waals surface area (Å²) in [6, 6.07) is 5.71. The standard InChI is InChI=1S/C17H22ClN3O2/c1-23-11-2-3-16-13(8-11)12(14(18)9-20-16)4-6-21-7-5-15(19)17(22)10-21/h2-3,8-9,15,17,22H,4-7,10,19H2,1H3/t15-,17+/m1/s1. The van der Waals surface area contributed by atoms with Crippen molar-refractivity contribution in [2.75, 3.05) is 26.7 Å². The number of aliphatic hydroxyl groups excluding tert-OH is 1. The molecule has 0 bridgehead atoms. The second-order valence-electron chi connectivity index (χ2n) is 6.04. The first-order valence-corrected chi connectivity index (χ1v) is 8.23. The van der Waals surface area contributed by atoms with E-state index in [0.29, 0.717) is 11.6 Å². The quantitative estimate of drug-likeness (QED) is 0.892. The Hall–Kier alpha value is -1.40. The van der Waals surface area contributed by atoms with Crippen LogP contribution in [0.2, 0.25) is 5.02 Å². The van der Waals surface area contributed by atoms with Crippen molar-refractivity contribution in [2.45, 2.75) is 25.0 Å². The molecule has 1 aromatic carbocycles. The first-order chi connectivity index (χ1) is 11.1. The Labute approximate surface area is 141 Å². The number of methoxy groups -OCH3 is 1. The van der Waals surface area contributed by atoms with Gasteiger partial charge in [0.2, 0.25) is 0 Å². The molecule has 1 aliphatic heterocycles. The van der Waals surface area contributed by atoms with Crippen LogP contribution in [0.4, 0.5) is 0 Å². The van der Waals surface area contributed by atoms with Crippen molar-refractivity contribution in [1.29, 1.82) is 0 Å². The molecule has 3 rings (SSSR count). The second-order valence-corrected chi connectivity index (χ2v) is 6.45. The Bertz CT molecular complexity index is 695. The maximum atomic E-state index is 9.92. The predicted octanol–water partition coefficient (Wildman–Crippen LogP) is 1.83. The van der Waals surface area contributed by atoms with E-state index in [4.69, 9.17) is 22.1 Å². The summed E-state index contributed by atoms with van der Waals surface area (Å²) in [5, 5.41) is 11.6. The number of piperidine rings is 1. The van der Waals surface area contributed by atoms with Gasteiger partial charge in [0.05, 0.1) is 23.8 Å². The number of nitrogens with two attached hydrogens (primary N) is 1. The molecule has 124 valence electrons. The minimum Gasteiger partial charge on any atom is -0.497 e. The van der Waals surface area contributed by atoms with Gasteiger partial charge < -0.3 is 20.5 Å². The normalized spacial score (nSPS) is 22.4. The second kappa shape index (κ2) is 7.01. The number of hydrogen-bond donors (Lipinski definition) is 2. The van der Waals surface area contributed by atoms with Crippen molar-refractivity contribution >= 4 is 22.5 Å². The van der Waals surface area contributed by atoms with Crippen LogP contribution in [0.5, 0.6) is 5.75 Å².